The molecule has 1 N–H and O–H groups in total. The summed E-state index contributed by atoms with van der Waals surface area (Å²) in [6.07, 6.45) is 2.02. The van der Waals surface area contributed by atoms with E-state index in [1.807, 2.05) is 13.2 Å². The number of benzene rings is 1. The minimum Gasteiger partial charge on any atom is -0.309 e. The number of halogens is 1. The van der Waals surface area contributed by atoms with Crippen molar-refractivity contribution in [1.29, 1.82) is 0 Å². The number of hydrogen-bond acceptors (Lipinski definition) is 4. The van der Waals surface area contributed by atoms with Gasteiger partial charge in [-0.25, -0.2) is 0 Å². The third-order valence-electron chi connectivity index (χ3n) is 2.33. The van der Waals surface area contributed by atoms with Crippen LogP contribution in [-0.4, -0.2) is 23.0 Å². The number of hydrogen-bond donors (Lipinski definition) is 1. The molecule has 0 bridgehead atoms. The quantitative estimate of drug-likeness (QED) is 0.640. The molecule has 94 valence electrons. The van der Waals surface area contributed by atoms with Crippen molar-refractivity contribution in [3.05, 3.63) is 38.9 Å². The van der Waals surface area contributed by atoms with E-state index in [1.54, 1.807) is 23.9 Å². The molecule has 0 aliphatic rings. The second kappa shape index (κ2) is 6.83. The molecule has 1 rings (SSSR count). The Kier molecular flexibility index (Phi) is 5.74. The molecule has 1 unspecified atom stereocenters. The highest BCUT2D eigenvalue weighted by Crippen LogP contribution is 2.26. The lowest BCUT2D eigenvalue weighted by Crippen LogP contribution is -2.28. The third-order valence-corrected chi connectivity index (χ3v) is 3.52. The monoisotopic (exact) mass is 274 g/mol. The van der Waals surface area contributed by atoms with E-state index in [9.17, 15) is 10.1 Å². The number of thioether (sulfide) groups is 1. The minimum atomic E-state index is -0.401. The van der Waals surface area contributed by atoms with Gasteiger partial charge in [0.15, 0.2) is 0 Å². The van der Waals surface area contributed by atoms with E-state index in [4.69, 9.17) is 11.6 Å². The summed E-state index contributed by atoms with van der Waals surface area (Å²) in [5.41, 5.74) is 0.619. The van der Waals surface area contributed by atoms with Gasteiger partial charge >= 0.3 is 0 Å². The lowest BCUT2D eigenvalue weighted by molar-refractivity contribution is -0.385. The topological polar surface area (TPSA) is 55.2 Å². The molecule has 0 radical (unpaired) electrons. The van der Waals surface area contributed by atoms with E-state index in [0.29, 0.717) is 23.2 Å². The summed E-state index contributed by atoms with van der Waals surface area (Å²) >= 11 is 7.71. The maximum Gasteiger partial charge on any atom is 0.275 e. The van der Waals surface area contributed by atoms with Gasteiger partial charge in [0, 0.05) is 24.4 Å². The van der Waals surface area contributed by atoms with Crippen molar-refractivity contribution in [2.45, 2.75) is 19.5 Å². The first-order valence-corrected chi connectivity index (χ1v) is 6.97. The summed E-state index contributed by atoms with van der Waals surface area (Å²) in [4.78, 5) is 10.5. The Morgan fingerprint density at radius 1 is 1.59 bits per heavy atom. The van der Waals surface area contributed by atoms with Gasteiger partial charge in [0.1, 0.15) is 0 Å². The van der Waals surface area contributed by atoms with Crippen molar-refractivity contribution in [3.8, 4) is 0 Å². The number of nitrogens with zero attached hydrogens (tertiary/aromatic N) is 1. The average Bonchev–Trinajstić information content (AvgIpc) is 2.27. The lowest BCUT2D eigenvalue weighted by Gasteiger charge is -2.13. The van der Waals surface area contributed by atoms with Gasteiger partial charge in [-0.1, -0.05) is 17.7 Å². The van der Waals surface area contributed by atoms with Crippen LogP contribution in [-0.2, 0) is 6.54 Å². The zero-order valence-corrected chi connectivity index (χ0v) is 11.3. The summed E-state index contributed by atoms with van der Waals surface area (Å²) in [7, 11) is 0. The first kappa shape index (κ1) is 14.3. The van der Waals surface area contributed by atoms with Crippen LogP contribution in [0, 0.1) is 10.1 Å². The van der Waals surface area contributed by atoms with Crippen molar-refractivity contribution in [1.82, 2.24) is 5.32 Å². The molecule has 0 saturated carbocycles. The van der Waals surface area contributed by atoms with Crippen molar-refractivity contribution in [2.24, 2.45) is 0 Å². The van der Waals surface area contributed by atoms with Gasteiger partial charge in [-0.2, -0.15) is 11.8 Å². The lowest BCUT2D eigenvalue weighted by atomic mass is 10.1. The third kappa shape index (κ3) is 4.18. The fourth-order valence-electron chi connectivity index (χ4n) is 1.48. The number of nitro groups is 1. The molecule has 0 fully saturated rings. The summed E-state index contributed by atoms with van der Waals surface area (Å²) in [5, 5.41) is 14.5. The number of nitro benzene ring substituents is 1. The number of nitrogens with one attached hydrogen (secondary N) is 1. The van der Waals surface area contributed by atoms with E-state index in [2.05, 4.69) is 5.32 Å². The highest BCUT2D eigenvalue weighted by molar-refractivity contribution is 7.98. The van der Waals surface area contributed by atoms with E-state index in [0.717, 1.165) is 5.75 Å². The van der Waals surface area contributed by atoms with Gasteiger partial charge < -0.3 is 5.32 Å². The first-order chi connectivity index (χ1) is 8.06. The average molecular weight is 275 g/mol. The van der Waals surface area contributed by atoms with Crippen LogP contribution in [0.1, 0.15) is 12.5 Å². The minimum absolute atomic E-state index is 0.0707. The Morgan fingerprint density at radius 3 is 2.88 bits per heavy atom. The molecule has 1 atom stereocenters. The van der Waals surface area contributed by atoms with Crippen LogP contribution in [0.5, 0.6) is 0 Å². The van der Waals surface area contributed by atoms with Gasteiger partial charge in [-0.15, -0.1) is 0 Å². The van der Waals surface area contributed by atoms with Crippen LogP contribution in [0.15, 0.2) is 18.2 Å². The summed E-state index contributed by atoms with van der Waals surface area (Å²) in [6.45, 7) is 2.46. The zero-order valence-electron chi connectivity index (χ0n) is 9.77. The second-order valence-corrected chi connectivity index (χ2v) is 5.05. The molecular formula is C11H15ClN2O2S. The molecule has 17 heavy (non-hydrogen) atoms. The van der Waals surface area contributed by atoms with Crippen molar-refractivity contribution in [2.75, 3.05) is 12.0 Å². The second-order valence-electron chi connectivity index (χ2n) is 3.73. The first-order valence-electron chi connectivity index (χ1n) is 5.20. The van der Waals surface area contributed by atoms with Crippen LogP contribution in [0.4, 0.5) is 5.69 Å². The van der Waals surface area contributed by atoms with Crippen molar-refractivity contribution >= 4 is 29.1 Å². The SMILES string of the molecule is CSCC(C)NCc1c(Cl)cccc1[N+](=O)[O-]. The molecule has 1 aromatic carbocycles. The van der Waals surface area contributed by atoms with E-state index in [1.165, 1.54) is 6.07 Å². The highest BCUT2D eigenvalue weighted by Gasteiger charge is 2.16. The molecule has 0 amide bonds. The van der Waals surface area contributed by atoms with Crippen LogP contribution in [0.25, 0.3) is 0 Å². The van der Waals surface area contributed by atoms with Gasteiger partial charge in [-0.3, -0.25) is 10.1 Å². The van der Waals surface area contributed by atoms with Crippen LogP contribution < -0.4 is 5.32 Å². The van der Waals surface area contributed by atoms with Crippen LogP contribution in [0.3, 0.4) is 0 Å². The molecule has 0 saturated heterocycles. The standard InChI is InChI=1S/C11H15ClN2O2S/c1-8(7-17-2)13-6-9-10(12)4-3-5-11(9)14(15)16/h3-5,8,13H,6-7H2,1-2H3. The fourth-order valence-corrected chi connectivity index (χ4v) is 2.33. The normalized spacial score (nSPS) is 12.4. The van der Waals surface area contributed by atoms with Crippen molar-refractivity contribution < 1.29 is 4.92 Å². The predicted molar refractivity (Wildman–Crippen MR) is 72.8 cm³/mol. The molecular weight excluding hydrogens is 260 g/mol. The fraction of sp³-hybridized carbons (Fsp3) is 0.455. The predicted octanol–water partition coefficient (Wildman–Crippen LogP) is 3.09. The molecule has 0 aromatic heterocycles. The molecule has 0 aliphatic heterocycles. The van der Waals surface area contributed by atoms with E-state index >= 15 is 0 Å². The maximum atomic E-state index is 10.9. The maximum absolute atomic E-state index is 10.9. The van der Waals surface area contributed by atoms with Gasteiger partial charge in [-0.05, 0) is 19.2 Å². The largest absolute Gasteiger partial charge is 0.309 e. The highest BCUT2D eigenvalue weighted by atomic mass is 35.5. The number of rotatable bonds is 6. The van der Waals surface area contributed by atoms with Crippen LogP contribution >= 0.6 is 23.4 Å². The summed E-state index contributed by atoms with van der Waals surface area (Å²) < 4.78 is 0. The Labute approximate surface area is 110 Å². The Hall–Kier alpha value is -0.780. The Morgan fingerprint density at radius 2 is 2.29 bits per heavy atom. The van der Waals surface area contributed by atoms with E-state index < -0.39 is 4.92 Å². The molecule has 0 heterocycles. The van der Waals surface area contributed by atoms with Gasteiger partial charge in [0.2, 0.25) is 0 Å². The molecule has 0 spiro atoms. The zero-order chi connectivity index (χ0) is 12.8. The Balaban J connectivity index is 2.79. The molecule has 4 nitrogen and oxygen atoms in total. The smallest absolute Gasteiger partial charge is 0.275 e. The summed E-state index contributed by atoms with van der Waals surface area (Å²) in [6, 6.07) is 5.03. The Bertz CT molecular complexity index is 401. The van der Waals surface area contributed by atoms with Gasteiger partial charge in [0.05, 0.1) is 15.5 Å². The van der Waals surface area contributed by atoms with Crippen LogP contribution in [0.2, 0.25) is 5.02 Å². The van der Waals surface area contributed by atoms with Crippen molar-refractivity contribution in [3.63, 3.8) is 0 Å². The van der Waals surface area contributed by atoms with Gasteiger partial charge in [0.25, 0.3) is 5.69 Å². The molecule has 0 aliphatic carbocycles. The molecule has 1 aromatic rings. The van der Waals surface area contributed by atoms with E-state index in [-0.39, 0.29) is 5.69 Å². The summed E-state index contributed by atoms with van der Waals surface area (Å²) in [5.74, 6) is 0.957. The molecule has 6 heteroatoms.